The van der Waals surface area contributed by atoms with Crippen LogP contribution < -0.4 is 0 Å². The monoisotopic (exact) mass is 222 g/mol. The smallest absolute Gasteiger partial charge is 0.227 e. The van der Waals surface area contributed by atoms with Crippen molar-refractivity contribution < 1.29 is 4.79 Å². The third-order valence-electron chi connectivity index (χ3n) is 4.42. The van der Waals surface area contributed by atoms with Gasteiger partial charge in [0.15, 0.2) is 0 Å². The predicted octanol–water partition coefficient (Wildman–Crippen LogP) is 2.43. The summed E-state index contributed by atoms with van der Waals surface area (Å²) in [6.07, 6.45) is 0. The zero-order chi connectivity index (χ0) is 12.7. The van der Waals surface area contributed by atoms with Crippen LogP contribution in [-0.4, -0.2) is 23.4 Å². The third-order valence-corrected chi connectivity index (χ3v) is 4.42. The first-order chi connectivity index (χ1) is 7.17. The highest BCUT2D eigenvalue weighted by molar-refractivity contribution is 5.84. The Hall–Kier alpha value is -1.04. The molecule has 0 unspecified atom stereocenters. The third kappa shape index (κ3) is 1.71. The van der Waals surface area contributed by atoms with Crippen molar-refractivity contribution in [2.45, 2.75) is 47.6 Å². The van der Waals surface area contributed by atoms with Crippen molar-refractivity contribution in [2.75, 3.05) is 6.54 Å². The molecule has 3 nitrogen and oxygen atoms in total. The number of nitrogens with zero attached hydrogens (tertiary/aromatic N) is 2. The highest BCUT2D eigenvalue weighted by Crippen LogP contribution is 2.68. The largest absolute Gasteiger partial charge is 0.327 e. The lowest BCUT2D eigenvalue weighted by Crippen LogP contribution is -2.39. The molecule has 1 amide bonds. The van der Waals surface area contributed by atoms with E-state index in [2.05, 4.69) is 33.8 Å². The Morgan fingerprint density at radius 1 is 1.31 bits per heavy atom. The fourth-order valence-electron chi connectivity index (χ4n) is 2.57. The maximum Gasteiger partial charge on any atom is 0.227 e. The van der Waals surface area contributed by atoms with E-state index in [-0.39, 0.29) is 35.2 Å². The summed E-state index contributed by atoms with van der Waals surface area (Å²) in [5.74, 6) is 0.183. The standard InChI is InChI=1S/C13H22N2O/c1-9(2)15(8-7-14)11(16)10-12(3,4)13(10,5)6/h9-10H,8H2,1-6H3. The van der Waals surface area contributed by atoms with Crippen molar-refractivity contribution in [3.05, 3.63) is 0 Å². The molecule has 90 valence electrons. The van der Waals surface area contributed by atoms with E-state index in [0.29, 0.717) is 0 Å². The minimum atomic E-state index is 0.0483. The van der Waals surface area contributed by atoms with E-state index in [0.717, 1.165) is 0 Å². The molecule has 1 aliphatic carbocycles. The molecule has 1 rings (SSSR count). The summed E-state index contributed by atoms with van der Waals surface area (Å²) in [5, 5.41) is 8.75. The average molecular weight is 222 g/mol. The summed E-state index contributed by atoms with van der Waals surface area (Å²) < 4.78 is 0. The van der Waals surface area contributed by atoms with Crippen LogP contribution in [0, 0.1) is 28.1 Å². The van der Waals surface area contributed by atoms with Gasteiger partial charge in [0.2, 0.25) is 5.91 Å². The Kier molecular flexibility index (Phi) is 3.06. The van der Waals surface area contributed by atoms with Gasteiger partial charge in [-0.3, -0.25) is 4.79 Å². The highest BCUT2D eigenvalue weighted by Gasteiger charge is 2.68. The van der Waals surface area contributed by atoms with Gasteiger partial charge in [-0.1, -0.05) is 27.7 Å². The Balaban J connectivity index is 2.84. The lowest BCUT2D eigenvalue weighted by Gasteiger charge is -2.24. The van der Waals surface area contributed by atoms with Crippen LogP contribution in [0.2, 0.25) is 0 Å². The molecule has 0 heterocycles. The Morgan fingerprint density at radius 3 is 2.00 bits per heavy atom. The molecule has 1 fully saturated rings. The van der Waals surface area contributed by atoms with E-state index in [4.69, 9.17) is 5.26 Å². The molecular weight excluding hydrogens is 200 g/mol. The van der Waals surface area contributed by atoms with Crippen LogP contribution in [0.15, 0.2) is 0 Å². The zero-order valence-electron chi connectivity index (χ0n) is 11.2. The van der Waals surface area contributed by atoms with E-state index in [1.165, 1.54) is 0 Å². The van der Waals surface area contributed by atoms with Gasteiger partial charge in [0.05, 0.1) is 6.07 Å². The van der Waals surface area contributed by atoms with Gasteiger partial charge in [-0.15, -0.1) is 0 Å². The van der Waals surface area contributed by atoms with Crippen molar-refractivity contribution in [3.8, 4) is 6.07 Å². The second-order valence-corrected chi connectivity index (χ2v) is 6.09. The minimum Gasteiger partial charge on any atom is -0.327 e. The summed E-state index contributed by atoms with van der Waals surface area (Å²) in [4.78, 5) is 14.0. The Morgan fingerprint density at radius 2 is 1.75 bits per heavy atom. The first-order valence-electron chi connectivity index (χ1n) is 5.85. The molecule has 0 saturated heterocycles. The van der Waals surface area contributed by atoms with Gasteiger partial charge in [0.1, 0.15) is 6.54 Å². The van der Waals surface area contributed by atoms with Crippen LogP contribution >= 0.6 is 0 Å². The van der Waals surface area contributed by atoms with Crippen LogP contribution in [0.1, 0.15) is 41.5 Å². The Bertz CT molecular complexity index is 322. The molecule has 0 bridgehead atoms. The van der Waals surface area contributed by atoms with E-state index < -0.39 is 0 Å². The summed E-state index contributed by atoms with van der Waals surface area (Å²) in [5.41, 5.74) is 0.0966. The average Bonchev–Trinajstić information content (AvgIpc) is 2.52. The molecule has 0 aromatic carbocycles. The number of nitriles is 1. The molecular formula is C13H22N2O. The fourth-order valence-corrected chi connectivity index (χ4v) is 2.57. The Labute approximate surface area is 98.4 Å². The van der Waals surface area contributed by atoms with Crippen molar-refractivity contribution in [1.82, 2.24) is 4.90 Å². The highest BCUT2D eigenvalue weighted by atomic mass is 16.2. The maximum absolute atomic E-state index is 12.3. The van der Waals surface area contributed by atoms with Gasteiger partial charge in [-0.2, -0.15) is 5.26 Å². The van der Waals surface area contributed by atoms with E-state index in [1.807, 2.05) is 13.8 Å². The first-order valence-corrected chi connectivity index (χ1v) is 5.85. The minimum absolute atomic E-state index is 0.0483. The number of amides is 1. The summed E-state index contributed by atoms with van der Waals surface area (Å²) in [6, 6.07) is 2.17. The van der Waals surface area contributed by atoms with Gasteiger partial charge in [-0.25, -0.2) is 0 Å². The normalized spacial score (nSPS) is 21.6. The van der Waals surface area contributed by atoms with Crippen LogP contribution in [0.4, 0.5) is 0 Å². The van der Waals surface area contributed by atoms with Crippen LogP contribution in [0.3, 0.4) is 0 Å². The number of hydrogen-bond acceptors (Lipinski definition) is 2. The van der Waals surface area contributed by atoms with Gasteiger partial charge in [0.25, 0.3) is 0 Å². The van der Waals surface area contributed by atoms with Gasteiger partial charge >= 0.3 is 0 Å². The number of hydrogen-bond donors (Lipinski definition) is 0. The molecule has 0 spiro atoms. The summed E-state index contributed by atoms with van der Waals surface area (Å²) in [6.45, 7) is 12.6. The van der Waals surface area contributed by atoms with E-state index in [9.17, 15) is 4.79 Å². The second kappa shape index (κ2) is 3.76. The molecule has 0 aromatic rings. The molecule has 3 heteroatoms. The predicted molar refractivity (Wildman–Crippen MR) is 63.5 cm³/mol. The van der Waals surface area contributed by atoms with Crippen LogP contribution in [-0.2, 0) is 4.79 Å². The molecule has 0 aromatic heterocycles. The molecule has 1 aliphatic rings. The van der Waals surface area contributed by atoms with Gasteiger partial charge < -0.3 is 4.90 Å². The van der Waals surface area contributed by atoms with E-state index >= 15 is 0 Å². The topological polar surface area (TPSA) is 44.1 Å². The SMILES string of the molecule is CC(C)N(CC#N)C(=O)C1C(C)(C)C1(C)C. The zero-order valence-corrected chi connectivity index (χ0v) is 11.2. The van der Waals surface area contributed by atoms with Crippen LogP contribution in [0.5, 0.6) is 0 Å². The lowest BCUT2D eigenvalue weighted by molar-refractivity contribution is -0.134. The summed E-state index contributed by atoms with van der Waals surface area (Å²) >= 11 is 0. The molecule has 0 N–H and O–H groups in total. The van der Waals surface area contributed by atoms with Gasteiger partial charge in [-0.05, 0) is 24.7 Å². The lowest BCUT2D eigenvalue weighted by atomic mass is 10.0. The fraction of sp³-hybridized carbons (Fsp3) is 0.846. The first kappa shape index (κ1) is 13.0. The summed E-state index contributed by atoms with van der Waals surface area (Å²) in [7, 11) is 0. The number of carbonyl (C=O) groups is 1. The van der Waals surface area contributed by atoms with Crippen molar-refractivity contribution in [3.63, 3.8) is 0 Å². The number of carbonyl (C=O) groups excluding carboxylic acids is 1. The van der Waals surface area contributed by atoms with Crippen LogP contribution in [0.25, 0.3) is 0 Å². The molecule has 16 heavy (non-hydrogen) atoms. The quantitative estimate of drug-likeness (QED) is 0.688. The second-order valence-electron chi connectivity index (χ2n) is 6.09. The maximum atomic E-state index is 12.3. The van der Waals surface area contributed by atoms with E-state index in [1.54, 1.807) is 4.90 Å². The molecule has 0 radical (unpaired) electrons. The van der Waals surface area contributed by atoms with Gasteiger partial charge in [0, 0.05) is 12.0 Å². The molecule has 0 aliphatic heterocycles. The van der Waals surface area contributed by atoms with Crippen molar-refractivity contribution in [1.29, 1.82) is 5.26 Å². The van der Waals surface area contributed by atoms with Crippen molar-refractivity contribution >= 4 is 5.91 Å². The molecule has 0 atom stereocenters. The van der Waals surface area contributed by atoms with Crippen molar-refractivity contribution in [2.24, 2.45) is 16.7 Å². The number of rotatable bonds is 3. The molecule has 1 saturated carbocycles.